The van der Waals surface area contributed by atoms with Gasteiger partial charge < -0.3 is 0 Å². The zero-order valence-electron chi connectivity index (χ0n) is 7.90. The number of fused-ring (bicyclic) bond motifs is 2. The molecule has 0 radical (unpaired) electrons. The van der Waals surface area contributed by atoms with Crippen LogP contribution in [0.5, 0.6) is 0 Å². The maximum absolute atomic E-state index is 2.38. The van der Waals surface area contributed by atoms with Crippen LogP contribution in [-0.4, -0.2) is 0 Å². The third kappa shape index (κ3) is 1.32. The van der Waals surface area contributed by atoms with Gasteiger partial charge in [0.05, 0.1) is 0 Å². The molecule has 0 saturated heterocycles. The lowest BCUT2D eigenvalue weighted by molar-refractivity contribution is 0.235. The Morgan fingerprint density at radius 3 is 2.27 bits per heavy atom. The summed E-state index contributed by atoms with van der Waals surface area (Å²) in [5.41, 5.74) is 0.832. The summed E-state index contributed by atoms with van der Waals surface area (Å²) in [5, 5.41) is 0. The summed E-state index contributed by atoms with van der Waals surface area (Å²) in [5.74, 6) is 2.06. The molecule has 0 unspecified atom stereocenters. The van der Waals surface area contributed by atoms with Crippen LogP contribution in [0.1, 0.15) is 52.4 Å². The van der Waals surface area contributed by atoms with E-state index in [1.165, 1.54) is 6.42 Å². The van der Waals surface area contributed by atoms with Gasteiger partial charge in [0.2, 0.25) is 0 Å². The lowest BCUT2D eigenvalue weighted by atomic mass is 9.77. The molecule has 0 heteroatoms. The number of hydrogen-bond acceptors (Lipinski definition) is 0. The molecule has 2 rings (SSSR count). The van der Waals surface area contributed by atoms with Crippen LogP contribution in [0.15, 0.2) is 0 Å². The second kappa shape index (κ2) is 2.50. The van der Waals surface area contributed by atoms with Gasteiger partial charge in [-0.15, -0.1) is 0 Å². The Kier molecular flexibility index (Phi) is 1.74. The summed E-state index contributed by atoms with van der Waals surface area (Å²) in [4.78, 5) is 0. The van der Waals surface area contributed by atoms with Gasteiger partial charge in [0.25, 0.3) is 0 Å². The van der Waals surface area contributed by atoms with Crippen LogP contribution in [0, 0.1) is 17.3 Å². The van der Waals surface area contributed by atoms with Crippen LogP contribution in [0.3, 0.4) is 0 Å². The van der Waals surface area contributed by atoms with Gasteiger partial charge in [-0.1, -0.05) is 13.8 Å². The van der Waals surface area contributed by atoms with Crippen LogP contribution < -0.4 is 0 Å². The Labute approximate surface area is 70.4 Å². The van der Waals surface area contributed by atoms with Crippen molar-refractivity contribution in [1.82, 2.24) is 0 Å². The van der Waals surface area contributed by atoms with E-state index in [9.17, 15) is 0 Å². The average Bonchev–Trinajstić information content (AvgIpc) is 2.43. The molecule has 2 aliphatic rings. The Balaban J connectivity index is 1.99. The fraction of sp³-hybridized carbons (Fsp3) is 1.00. The Morgan fingerprint density at radius 1 is 1.27 bits per heavy atom. The minimum absolute atomic E-state index is 0.832. The molecule has 11 heavy (non-hydrogen) atoms. The second-order valence-corrected chi connectivity index (χ2v) is 5.25. The maximum Gasteiger partial charge on any atom is -0.0292 e. The van der Waals surface area contributed by atoms with Crippen molar-refractivity contribution >= 4 is 0 Å². The molecule has 0 amide bonds. The minimum atomic E-state index is 0.832. The zero-order valence-corrected chi connectivity index (χ0v) is 7.90. The molecule has 0 spiro atoms. The largest absolute Gasteiger partial charge is 0.0628 e. The van der Waals surface area contributed by atoms with Gasteiger partial charge in [0.1, 0.15) is 0 Å². The van der Waals surface area contributed by atoms with Gasteiger partial charge in [-0.2, -0.15) is 0 Å². The molecular weight excluding hydrogens is 132 g/mol. The Hall–Kier alpha value is 0. The SMILES string of the molecule is CC(C)CC12CCC(CC1)C2. The molecular formula is C11H20. The molecule has 0 aliphatic heterocycles. The van der Waals surface area contributed by atoms with E-state index in [4.69, 9.17) is 0 Å². The van der Waals surface area contributed by atoms with Crippen LogP contribution in [0.25, 0.3) is 0 Å². The molecule has 2 bridgehead atoms. The zero-order chi connectivity index (χ0) is 7.90. The second-order valence-electron chi connectivity index (χ2n) is 5.25. The smallest absolute Gasteiger partial charge is 0.0292 e. The first-order chi connectivity index (χ1) is 5.20. The summed E-state index contributed by atoms with van der Waals surface area (Å²) in [6, 6.07) is 0. The van der Waals surface area contributed by atoms with E-state index in [1.54, 1.807) is 32.1 Å². The fourth-order valence-electron chi connectivity index (χ4n) is 3.46. The molecule has 0 aromatic rings. The Bertz CT molecular complexity index is 138. The highest BCUT2D eigenvalue weighted by molar-refractivity contribution is 4.95. The van der Waals surface area contributed by atoms with Gasteiger partial charge in [-0.05, 0) is 55.8 Å². The predicted molar refractivity (Wildman–Crippen MR) is 48.5 cm³/mol. The molecule has 2 fully saturated rings. The molecule has 0 nitrogen and oxygen atoms in total. The van der Waals surface area contributed by atoms with Crippen molar-refractivity contribution in [1.29, 1.82) is 0 Å². The first-order valence-electron chi connectivity index (χ1n) is 5.20. The van der Waals surface area contributed by atoms with Gasteiger partial charge in [-0.3, -0.25) is 0 Å². The highest BCUT2D eigenvalue weighted by Gasteiger charge is 2.44. The average molecular weight is 152 g/mol. The molecule has 0 aromatic carbocycles. The highest BCUT2D eigenvalue weighted by atomic mass is 14.5. The highest BCUT2D eigenvalue weighted by Crippen LogP contribution is 2.56. The normalized spacial score (nSPS) is 42.3. The Morgan fingerprint density at radius 2 is 1.91 bits per heavy atom. The molecule has 0 heterocycles. The topological polar surface area (TPSA) is 0 Å². The van der Waals surface area contributed by atoms with E-state index in [2.05, 4.69) is 13.8 Å². The first-order valence-corrected chi connectivity index (χ1v) is 5.20. The summed E-state index contributed by atoms with van der Waals surface area (Å²) in [7, 11) is 0. The third-order valence-corrected chi connectivity index (χ3v) is 3.73. The summed E-state index contributed by atoms with van der Waals surface area (Å²) in [6.07, 6.45) is 9.28. The fourth-order valence-corrected chi connectivity index (χ4v) is 3.46. The molecule has 64 valence electrons. The molecule has 2 saturated carbocycles. The van der Waals surface area contributed by atoms with Crippen LogP contribution in [0.4, 0.5) is 0 Å². The summed E-state index contributed by atoms with van der Waals surface area (Å²) >= 11 is 0. The van der Waals surface area contributed by atoms with E-state index in [0.717, 1.165) is 17.3 Å². The summed E-state index contributed by atoms with van der Waals surface area (Å²) in [6.45, 7) is 4.75. The number of hydrogen-bond donors (Lipinski definition) is 0. The van der Waals surface area contributed by atoms with Crippen molar-refractivity contribution < 1.29 is 0 Å². The predicted octanol–water partition coefficient (Wildman–Crippen LogP) is 3.61. The molecule has 0 N–H and O–H groups in total. The van der Waals surface area contributed by atoms with Crippen LogP contribution >= 0.6 is 0 Å². The van der Waals surface area contributed by atoms with Crippen molar-refractivity contribution in [2.24, 2.45) is 17.3 Å². The van der Waals surface area contributed by atoms with Crippen molar-refractivity contribution in [2.75, 3.05) is 0 Å². The van der Waals surface area contributed by atoms with Gasteiger partial charge >= 0.3 is 0 Å². The van der Waals surface area contributed by atoms with Crippen molar-refractivity contribution in [3.8, 4) is 0 Å². The van der Waals surface area contributed by atoms with E-state index >= 15 is 0 Å². The van der Waals surface area contributed by atoms with E-state index in [1.807, 2.05) is 0 Å². The monoisotopic (exact) mass is 152 g/mol. The molecule has 0 aromatic heterocycles. The van der Waals surface area contributed by atoms with Crippen LogP contribution in [-0.2, 0) is 0 Å². The lowest BCUT2D eigenvalue weighted by Gasteiger charge is -2.28. The number of rotatable bonds is 2. The van der Waals surface area contributed by atoms with Crippen molar-refractivity contribution in [2.45, 2.75) is 52.4 Å². The van der Waals surface area contributed by atoms with Crippen molar-refractivity contribution in [3.63, 3.8) is 0 Å². The summed E-state index contributed by atoms with van der Waals surface area (Å²) < 4.78 is 0. The van der Waals surface area contributed by atoms with Crippen LogP contribution in [0.2, 0.25) is 0 Å². The quantitative estimate of drug-likeness (QED) is 0.567. The van der Waals surface area contributed by atoms with E-state index in [-0.39, 0.29) is 0 Å². The van der Waals surface area contributed by atoms with Gasteiger partial charge in [-0.25, -0.2) is 0 Å². The standard InChI is InChI=1S/C11H20/c1-9(2)7-11-5-3-10(8-11)4-6-11/h9-10H,3-8H2,1-2H3. The lowest BCUT2D eigenvalue weighted by Crippen LogP contribution is -2.16. The first kappa shape index (κ1) is 7.64. The third-order valence-electron chi connectivity index (χ3n) is 3.73. The molecule has 0 atom stereocenters. The van der Waals surface area contributed by atoms with E-state index in [0.29, 0.717) is 0 Å². The van der Waals surface area contributed by atoms with Crippen molar-refractivity contribution in [3.05, 3.63) is 0 Å². The van der Waals surface area contributed by atoms with Gasteiger partial charge in [0.15, 0.2) is 0 Å². The maximum atomic E-state index is 2.38. The minimum Gasteiger partial charge on any atom is -0.0628 e. The van der Waals surface area contributed by atoms with E-state index < -0.39 is 0 Å². The van der Waals surface area contributed by atoms with Gasteiger partial charge in [0, 0.05) is 0 Å². The molecule has 2 aliphatic carbocycles.